The van der Waals surface area contributed by atoms with Gasteiger partial charge < -0.3 is 24.7 Å². The maximum atomic E-state index is 12.9. The van der Waals surface area contributed by atoms with E-state index in [0.717, 1.165) is 5.39 Å². The van der Waals surface area contributed by atoms with Crippen molar-refractivity contribution in [1.82, 2.24) is 20.2 Å². The van der Waals surface area contributed by atoms with Gasteiger partial charge in [-0.1, -0.05) is 0 Å². The lowest BCUT2D eigenvalue weighted by atomic mass is 10.1. The quantitative estimate of drug-likeness (QED) is 0.455. The number of amides is 1. The van der Waals surface area contributed by atoms with Crippen LogP contribution in [0.2, 0.25) is 0 Å². The standard InChI is InChI=1S/C19H18N4O5/c1-2-27-19(26)15-16(25)13(28-18(15)23-7-6-20-14(24)10-23)8-11-9-22-17-12(11)4-3-5-21-17/h3-5,8-9H,2,6-7,10H2,1H3,(H,20,24)(H,21,22). The summed E-state index contributed by atoms with van der Waals surface area (Å²) in [6, 6.07) is 3.65. The van der Waals surface area contributed by atoms with Gasteiger partial charge in [-0.25, -0.2) is 9.78 Å². The van der Waals surface area contributed by atoms with Crippen LogP contribution in [-0.2, 0) is 23.9 Å². The number of rotatable bonds is 4. The molecular formula is C19H18N4O5. The molecule has 144 valence electrons. The van der Waals surface area contributed by atoms with Gasteiger partial charge in [0.1, 0.15) is 5.65 Å². The van der Waals surface area contributed by atoms with Gasteiger partial charge in [-0.2, -0.15) is 0 Å². The number of aromatic nitrogens is 2. The van der Waals surface area contributed by atoms with Crippen molar-refractivity contribution in [2.45, 2.75) is 6.92 Å². The molecule has 0 aliphatic carbocycles. The van der Waals surface area contributed by atoms with Gasteiger partial charge in [0.25, 0.3) is 0 Å². The van der Waals surface area contributed by atoms with Crippen LogP contribution in [0.5, 0.6) is 0 Å². The van der Waals surface area contributed by atoms with Gasteiger partial charge in [0.05, 0.1) is 13.2 Å². The highest BCUT2D eigenvalue weighted by Gasteiger charge is 2.40. The summed E-state index contributed by atoms with van der Waals surface area (Å²) in [6.45, 7) is 2.58. The van der Waals surface area contributed by atoms with Crippen LogP contribution in [0.25, 0.3) is 17.1 Å². The van der Waals surface area contributed by atoms with E-state index < -0.39 is 11.8 Å². The maximum absolute atomic E-state index is 12.9. The second-order valence-electron chi connectivity index (χ2n) is 6.26. The summed E-state index contributed by atoms with van der Waals surface area (Å²) in [4.78, 5) is 45.9. The van der Waals surface area contributed by atoms with Crippen molar-refractivity contribution in [3.63, 3.8) is 0 Å². The number of esters is 1. The Kier molecular flexibility index (Phi) is 4.56. The highest BCUT2D eigenvalue weighted by molar-refractivity contribution is 6.26. The molecule has 2 aromatic rings. The summed E-state index contributed by atoms with van der Waals surface area (Å²) < 4.78 is 10.8. The third-order valence-electron chi connectivity index (χ3n) is 4.45. The fourth-order valence-corrected chi connectivity index (χ4v) is 3.17. The Bertz CT molecular complexity index is 1040. The summed E-state index contributed by atoms with van der Waals surface area (Å²) in [5.74, 6) is -1.50. The van der Waals surface area contributed by atoms with Crippen molar-refractivity contribution in [1.29, 1.82) is 0 Å². The number of aromatic amines is 1. The van der Waals surface area contributed by atoms with Gasteiger partial charge in [0.15, 0.2) is 11.3 Å². The SMILES string of the molecule is CCOC(=O)C1=C(N2CCNC(=O)C2)OC(=Cc2c[nH]c3ncccc23)C1=O. The highest BCUT2D eigenvalue weighted by Crippen LogP contribution is 2.31. The Morgan fingerprint density at radius 1 is 1.43 bits per heavy atom. The lowest BCUT2D eigenvalue weighted by Crippen LogP contribution is -2.47. The molecule has 9 nitrogen and oxygen atoms in total. The Hall–Kier alpha value is -3.62. The third-order valence-corrected chi connectivity index (χ3v) is 4.45. The van der Waals surface area contributed by atoms with Gasteiger partial charge in [-0.15, -0.1) is 0 Å². The van der Waals surface area contributed by atoms with Crippen LogP contribution >= 0.6 is 0 Å². The summed E-state index contributed by atoms with van der Waals surface area (Å²) in [6.07, 6.45) is 4.92. The number of Topliss-reactive ketones (excluding diaryl/α,β-unsaturated/α-hetero) is 1. The lowest BCUT2D eigenvalue weighted by molar-refractivity contribution is -0.140. The fourth-order valence-electron chi connectivity index (χ4n) is 3.17. The average molecular weight is 382 g/mol. The Labute approximate surface area is 160 Å². The number of H-pyrrole nitrogens is 1. The highest BCUT2D eigenvalue weighted by atomic mass is 16.5. The molecule has 0 saturated carbocycles. The second-order valence-corrected chi connectivity index (χ2v) is 6.26. The number of carbonyl (C=O) groups is 3. The van der Waals surface area contributed by atoms with E-state index in [0.29, 0.717) is 24.3 Å². The molecule has 0 radical (unpaired) electrons. The largest absolute Gasteiger partial charge is 0.462 e. The normalized spacial score (nSPS) is 18.6. The molecule has 0 unspecified atom stereocenters. The predicted molar refractivity (Wildman–Crippen MR) is 98.4 cm³/mol. The van der Waals surface area contributed by atoms with E-state index in [9.17, 15) is 14.4 Å². The van der Waals surface area contributed by atoms with Crippen molar-refractivity contribution < 1.29 is 23.9 Å². The smallest absolute Gasteiger partial charge is 0.347 e. The van der Waals surface area contributed by atoms with Crippen LogP contribution in [0.15, 0.2) is 41.7 Å². The molecule has 0 spiro atoms. The van der Waals surface area contributed by atoms with Crippen LogP contribution < -0.4 is 5.32 Å². The zero-order valence-corrected chi connectivity index (χ0v) is 15.2. The van der Waals surface area contributed by atoms with E-state index in [4.69, 9.17) is 9.47 Å². The molecule has 0 bridgehead atoms. The van der Waals surface area contributed by atoms with E-state index >= 15 is 0 Å². The summed E-state index contributed by atoms with van der Waals surface area (Å²) >= 11 is 0. The number of ether oxygens (including phenoxy) is 2. The Morgan fingerprint density at radius 3 is 3.07 bits per heavy atom. The molecule has 2 aliphatic heterocycles. The first kappa shape index (κ1) is 17.8. The van der Waals surface area contributed by atoms with Crippen LogP contribution in [0, 0.1) is 0 Å². The molecule has 0 atom stereocenters. The minimum atomic E-state index is -0.766. The summed E-state index contributed by atoms with van der Waals surface area (Å²) in [7, 11) is 0. The predicted octanol–water partition coefficient (Wildman–Crippen LogP) is 0.710. The number of nitrogens with zero attached hydrogens (tertiary/aromatic N) is 2. The Morgan fingerprint density at radius 2 is 2.29 bits per heavy atom. The fraction of sp³-hybridized carbons (Fsp3) is 0.263. The van der Waals surface area contributed by atoms with E-state index in [2.05, 4.69) is 15.3 Å². The first-order valence-electron chi connectivity index (χ1n) is 8.88. The van der Waals surface area contributed by atoms with E-state index in [1.165, 1.54) is 0 Å². The lowest BCUT2D eigenvalue weighted by Gasteiger charge is -2.28. The number of fused-ring (bicyclic) bond motifs is 1. The number of hydrogen-bond acceptors (Lipinski definition) is 7. The molecule has 4 rings (SSSR count). The number of ketones is 1. The number of piperazine rings is 1. The maximum Gasteiger partial charge on any atom is 0.347 e. The molecule has 2 aliphatic rings. The minimum absolute atomic E-state index is 0.00416. The number of nitrogens with one attached hydrogen (secondary N) is 2. The number of hydrogen-bond donors (Lipinski definition) is 2. The van der Waals surface area contributed by atoms with Crippen LogP contribution in [0.4, 0.5) is 0 Å². The molecule has 1 amide bonds. The van der Waals surface area contributed by atoms with Gasteiger partial charge in [0.2, 0.25) is 17.6 Å². The van der Waals surface area contributed by atoms with Crippen molar-refractivity contribution in [3.8, 4) is 0 Å². The van der Waals surface area contributed by atoms with Crippen LogP contribution in [-0.4, -0.2) is 58.8 Å². The van der Waals surface area contributed by atoms with Crippen LogP contribution in [0.3, 0.4) is 0 Å². The van der Waals surface area contributed by atoms with Gasteiger partial charge in [-0.05, 0) is 25.1 Å². The molecule has 9 heteroatoms. The van der Waals surface area contributed by atoms with Gasteiger partial charge >= 0.3 is 5.97 Å². The van der Waals surface area contributed by atoms with E-state index in [1.807, 2.05) is 6.07 Å². The first-order valence-corrected chi connectivity index (χ1v) is 8.88. The second kappa shape index (κ2) is 7.18. The number of allylic oxidation sites excluding steroid dienone is 1. The first-order chi connectivity index (χ1) is 13.6. The van der Waals surface area contributed by atoms with E-state index in [-0.39, 0.29) is 36.3 Å². The average Bonchev–Trinajstić information content (AvgIpc) is 3.24. The number of pyridine rings is 1. The van der Waals surface area contributed by atoms with Crippen molar-refractivity contribution >= 4 is 34.8 Å². The molecule has 1 saturated heterocycles. The van der Waals surface area contributed by atoms with Crippen molar-refractivity contribution in [3.05, 3.63) is 47.3 Å². The third kappa shape index (κ3) is 3.11. The zero-order valence-electron chi connectivity index (χ0n) is 15.2. The molecule has 1 fully saturated rings. The minimum Gasteiger partial charge on any atom is -0.462 e. The molecule has 0 aromatic carbocycles. The molecular weight excluding hydrogens is 364 g/mol. The zero-order chi connectivity index (χ0) is 19.7. The molecule has 2 aromatic heterocycles. The summed E-state index contributed by atoms with van der Waals surface area (Å²) in [5.41, 5.74) is 1.18. The topological polar surface area (TPSA) is 114 Å². The Balaban J connectivity index is 1.72. The molecule has 2 N–H and O–H groups in total. The van der Waals surface area contributed by atoms with Gasteiger partial charge in [0, 0.05) is 36.4 Å². The van der Waals surface area contributed by atoms with Gasteiger partial charge in [-0.3, -0.25) is 9.59 Å². The summed E-state index contributed by atoms with van der Waals surface area (Å²) in [5, 5.41) is 3.51. The molecule has 4 heterocycles. The number of carbonyl (C=O) groups excluding carboxylic acids is 3. The van der Waals surface area contributed by atoms with Crippen molar-refractivity contribution in [2.24, 2.45) is 0 Å². The van der Waals surface area contributed by atoms with E-state index in [1.54, 1.807) is 36.4 Å². The monoisotopic (exact) mass is 382 g/mol. The van der Waals surface area contributed by atoms with Crippen LogP contribution in [0.1, 0.15) is 12.5 Å². The molecule has 28 heavy (non-hydrogen) atoms. The van der Waals surface area contributed by atoms with Crippen molar-refractivity contribution in [2.75, 3.05) is 26.2 Å².